The van der Waals surface area contributed by atoms with Crippen LogP contribution in [0.1, 0.15) is 12.5 Å². The molecule has 1 amide bonds. The van der Waals surface area contributed by atoms with Crippen molar-refractivity contribution in [3.8, 4) is 17.3 Å². The first-order chi connectivity index (χ1) is 9.99. The van der Waals surface area contributed by atoms with E-state index in [9.17, 15) is 4.79 Å². The number of primary amides is 1. The van der Waals surface area contributed by atoms with E-state index >= 15 is 0 Å². The summed E-state index contributed by atoms with van der Waals surface area (Å²) >= 11 is 6.00. The van der Waals surface area contributed by atoms with Crippen molar-refractivity contribution >= 4 is 17.7 Å². The molecule has 1 unspecified atom stereocenters. The summed E-state index contributed by atoms with van der Waals surface area (Å²) in [6, 6.07) is 8.94. The first-order valence-corrected chi connectivity index (χ1v) is 6.57. The van der Waals surface area contributed by atoms with E-state index < -0.39 is 6.09 Å². The summed E-state index contributed by atoms with van der Waals surface area (Å²) in [5.41, 5.74) is 6.90. The van der Waals surface area contributed by atoms with Crippen LogP contribution < -0.4 is 5.73 Å². The number of hydrogen-bond donors (Lipinski definition) is 1. The fourth-order valence-corrected chi connectivity index (χ4v) is 2.10. The monoisotopic (exact) mass is 304 g/mol. The molecule has 0 bridgehead atoms. The van der Waals surface area contributed by atoms with Gasteiger partial charge in [0.2, 0.25) is 0 Å². The molecule has 0 fully saturated rings. The number of amides is 1. The molecule has 6 nitrogen and oxygen atoms in total. The largest absolute Gasteiger partial charge is 0.445 e. The van der Waals surface area contributed by atoms with Crippen molar-refractivity contribution in [2.75, 3.05) is 0 Å². The number of carbonyl (C=O) groups excluding carboxylic acids is 1. The molecule has 0 aliphatic heterocycles. The zero-order valence-electron chi connectivity index (χ0n) is 11.3. The van der Waals surface area contributed by atoms with Crippen LogP contribution in [-0.2, 0) is 11.3 Å². The molecule has 1 heterocycles. The lowest BCUT2D eigenvalue weighted by Gasteiger charge is -2.10. The van der Waals surface area contributed by atoms with Crippen molar-refractivity contribution in [2.45, 2.75) is 19.6 Å². The highest BCUT2D eigenvalue weighted by Gasteiger charge is 2.10. The minimum atomic E-state index is -0.811. The van der Waals surface area contributed by atoms with Gasteiger partial charge in [0.15, 0.2) is 0 Å². The number of carbonyl (C=O) groups is 1. The molecule has 21 heavy (non-hydrogen) atoms. The molecule has 0 saturated heterocycles. The Labute approximate surface area is 126 Å². The molecule has 1 aromatic heterocycles. The molecule has 1 atom stereocenters. The fourth-order valence-electron chi connectivity index (χ4n) is 1.88. The van der Waals surface area contributed by atoms with Crippen LogP contribution >= 0.6 is 11.6 Å². The third kappa shape index (κ3) is 3.74. The topological polar surface area (TPSA) is 93.9 Å². The van der Waals surface area contributed by atoms with Crippen LogP contribution in [-0.4, -0.2) is 22.0 Å². The minimum Gasteiger partial charge on any atom is -0.445 e. The number of ether oxygens (including phenoxy) is 1. The predicted octanol–water partition coefficient (Wildman–Crippen LogP) is 2.56. The Morgan fingerprint density at radius 2 is 2.33 bits per heavy atom. The zero-order chi connectivity index (χ0) is 15.4. The summed E-state index contributed by atoms with van der Waals surface area (Å²) in [7, 11) is 0. The number of benzene rings is 1. The minimum absolute atomic E-state index is 0.375. The maximum atomic E-state index is 10.7. The van der Waals surface area contributed by atoms with E-state index in [2.05, 4.69) is 5.10 Å². The van der Waals surface area contributed by atoms with Gasteiger partial charge in [-0.2, -0.15) is 10.4 Å². The Morgan fingerprint density at radius 1 is 1.57 bits per heavy atom. The van der Waals surface area contributed by atoms with Crippen molar-refractivity contribution < 1.29 is 9.53 Å². The molecule has 2 rings (SSSR count). The Morgan fingerprint density at radius 3 is 2.95 bits per heavy atom. The van der Waals surface area contributed by atoms with Crippen LogP contribution in [0.5, 0.6) is 0 Å². The van der Waals surface area contributed by atoms with E-state index in [1.54, 1.807) is 36.0 Å². The van der Waals surface area contributed by atoms with Gasteiger partial charge in [-0.05, 0) is 25.1 Å². The van der Waals surface area contributed by atoms with Crippen LogP contribution in [0.15, 0.2) is 30.5 Å². The molecule has 0 saturated carbocycles. The molecule has 108 valence electrons. The fraction of sp³-hybridized carbons (Fsp3) is 0.214. The van der Waals surface area contributed by atoms with Crippen LogP contribution in [0.3, 0.4) is 0 Å². The zero-order valence-corrected chi connectivity index (χ0v) is 12.0. The number of nitrogens with two attached hydrogens (primary N) is 1. The summed E-state index contributed by atoms with van der Waals surface area (Å²) in [4.78, 5) is 10.7. The van der Waals surface area contributed by atoms with Crippen molar-refractivity contribution in [1.29, 1.82) is 5.26 Å². The van der Waals surface area contributed by atoms with Gasteiger partial charge < -0.3 is 10.5 Å². The SMILES string of the molecule is CC(Cn1ccc(-c2ccc(C#N)c(Cl)c2)n1)OC(N)=O. The number of nitriles is 1. The summed E-state index contributed by atoms with van der Waals surface area (Å²) in [5, 5.41) is 13.6. The first kappa shape index (κ1) is 14.9. The van der Waals surface area contributed by atoms with E-state index in [0.29, 0.717) is 22.8 Å². The standard InChI is InChI=1S/C14H13ClN4O2/c1-9(21-14(17)20)8-19-5-4-13(18-19)10-2-3-11(7-16)12(15)6-10/h2-6,9H,8H2,1H3,(H2,17,20). The maximum absolute atomic E-state index is 10.7. The van der Waals surface area contributed by atoms with Gasteiger partial charge in [-0.25, -0.2) is 4.79 Å². The molecular weight excluding hydrogens is 292 g/mol. The first-order valence-electron chi connectivity index (χ1n) is 6.19. The molecule has 2 N–H and O–H groups in total. The highest BCUT2D eigenvalue weighted by atomic mass is 35.5. The molecule has 0 radical (unpaired) electrons. The maximum Gasteiger partial charge on any atom is 0.404 e. The lowest BCUT2D eigenvalue weighted by Crippen LogP contribution is -2.24. The van der Waals surface area contributed by atoms with Gasteiger partial charge in [-0.3, -0.25) is 4.68 Å². The van der Waals surface area contributed by atoms with Gasteiger partial charge in [0.05, 0.1) is 22.8 Å². The Balaban J connectivity index is 2.15. The molecule has 7 heteroatoms. The van der Waals surface area contributed by atoms with Crippen molar-refractivity contribution in [3.05, 3.63) is 41.0 Å². The van der Waals surface area contributed by atoms with Gasteiger partial charge in [-0.15, -0.1) is 0 Å². The normalized spacial score (nSPS) is 11.7. The Bertz CT molecular complexity index is 705. The van der Waals surface area contributed by atoms with Crippen LogP contribution in [0.25, 0.3) is 11.3 Å². The van der Waals surface area contributed by atoms with Crippen LogP contribution in [0.4, 0.5) is 4.79 Å². The molecule has 0 aliphatic rings. The molecular formula is C14H13ClN4O2. The van der Waals surface area contributed by atoms with Gasteiger partial charge in [0.1, 0.15) is 12.2 Å². The second-order valence-electron chi connectivity index (χ2n) is 4.48. The van der Waals surface area contributed by atoms with E-state index in [1.165, 1.54) is 0 Å². The lowest BCUT2D eigenvalue weighted by atomic mass is 10.1. The Hall–Kier alpha value is -2.52. The van der Waals surface area contributed by atoms with Gasteiger partial charge in [0, 0.05) is 11.8 Å². The third-order valence-electron chi connectivity index (χ3n) is 2.79. The van der Waals surface area contributed by atoms with Crippen molar-refractivity contribution in [1.82, 2.24) is 9.78 Å². The predicted molar refractivity (Wildman–Crippen MR) is 77.5 cm³/mol. The quantitative estimate of drug-likeness (QED) is 0.939. The number of hydrogen-bond acceptors (Lipinski definition) is 4. The number of halogens is 1. The van der Waals surface area contributed by atoms with Gasteiger partial charge in [-0.1, -0.05) is 17.7 Å². The average Bonchev–Trinajstić information content (AvgIpc) is 2.86. The van der Waals surface area contributed by atoms with Crippen molar-refractivity contribution in [2.24, 2.45) is 5.73 Å². The van der Waals surface area contributed by atoms with E-state index in [-0.39, 0.29) is 6.10 Å². The van der Waals surface area contributed by atoms with Crippen LogP contribution in [0.2, 0.25) is 5.02 Å². The van der Waals surface area contributed by atoms with E-state index in [0.717, 1.165) is 5.56 Å². The van der Waals surface area contributed by atoms with Crippen LogP contribution in [0, 0.1) is 11.3 Å². The van der Waals surface area contributed by atoms with Gasteiger partial charge >= 0.3 is 6.09 Å². The lowest BCUT2D eigenvalue weighted by molar-refractivity contribution is 0.104. The third-order valence-corrected chi connectivity index (χ3v) is 3.10. The smallest absolute Gasteiger partial charge is 0.404 e. The van der Waals surface area contributed by atoms with E-state index in [4.69, 9.17) is 27.3 Å². The highest BCUT2D eigenvalue weighted by Crippen LogP contribution is 2.24. The highest BCUT2D eigenvalue weighted by molar-refractivity contribution is 6.32. The summed E-state index contributed by atoms with van der Waals surface area (Å²) in [5.74, 6) is 0. The summed E-state index contributed by atoms with van der Waals surface area (Å²) < 4.78 is 6.49. The van der Waals surface area contributed by atoms with Gasteiger partial charge in [0.25, 0.3) is 0 Å². The van der Waals surface area contributed by atoms with E-state index in [1.807, 2.05) is 12.1 Å². The molecule has 1 aromatic carbocycles. The molecule has 2 aromatic rings. The van der Waals surface area contributed by atoms with Crippen molar-refractivity contribution in [3.63, 3.8) is 0 Å². The average molecular weight is 305 g/mol. The number of rotatable bonds is 4. The molecule has 0 aliphatic carbocycles. The Kier molecular flexibility index (Phi) is 4.45. The molecule has 0 spiro atoms. The second-order valence-corrected chi connectivity index (χ2v) is 4.88. The number of nitrogens with zero attached hydrogens (tertiary/aromatic N) is 3. The summed E-state index contributed by atoms with van der Waals surface area (Å²) in [6.45, 7) is 2.12. The summed E-state index contributed by atoms with van der Waals surface area (Å²) in [6.07, 6.45) is 0.580. The number of aromatic nitrogens is 2. The second kappa shape index (κ2) is 6.29.